The molecule has 0 saturated heterocycles. The molecule has 0 aromatic heterocycles. The molecule has 2 heteroatoms. The molecular formula is C9H6F2. The molecule has 0 spiro atoms. The normalized spacial score (nSPS) is 9.18. The van der Waals surface area contributed by atoms with Crippen LogP contribution in [0.2, 0.25) is 0 Å². The fourth-order valence-electron chi connectivity index (χ4n) is 0.789. The molecule has 0 N–H and O–H groups in total. The van der Waals surface area contributed by atoms with E-state index in [1.807, 2.05) is 0 Å². The smallest absolute Gasteiger partial charge is 0.127 e. The van der Waals surface area contributed by atoms with Crippen LogP contribution in [0.3, 0.4) is 0 Å². The van der Waals surface area contributed by atoms with Crippen molar-refractivity contribution < 1.29 is 8.78 Å². The minimum Gasteiger partial charge on any atom is -0.207 e. The van der Waals surface area contributed by atoms with Gasteiger partial charge in [-0.1, -0.05) is 0 Å². The maximum atomic E-state index is 12.7. The Morgan fingerprint density at radius 1 is 1.36 bits per heavy atom. The van der Waals surface area contributed by atoms with E-state index >= 15 is 0 Å². The molecule has 1 aromatic carbocycles. The first-order valence-corrected chi connectivity index (χ1v) is 3.11. The SMILES string of the molecule is C#CCc1cc(F)ccc1F. The van der Waals surface area contributed by atoms with Crippen LogP contribution in [0.1, 0.15) is 5.56 Å². The number of hydrogen-bond acceptors (Lipinski definition) is 0. The van der Waals surface area contributed by atoms with Gasteiger partial charge in [0.25, 0.3) is 0 Å². The van der Waals surface area contributed by atoms with E-state index in [4.69, 9.17) is 6.42 Å². The van der Waals surface area contributed by atoms with Gasteiger partial charge >= 0.3 is 0 Å². The quantitative estimate of drug-likeness (QED) is 0.541. The number of halogens is 2. The standard InChI is InChI=1S/C9H6F2/c1-2-3-7-6-8(10)4-5-9(7)11/h1,4-6H,3H2. The van der Waals surface area contributed by atoms with Crippen LogP contribution in [-0.2, 0) is 6.42 Å². The van der Waals surface area contributed by atoms with Crippen molar-refractivity contribution in [2.24, 2.45) is 0 Å². The highest BCUT2D eigenvalue weighted by Gasteiger charge is 2.00. The Bertz CT molecular complexity index is 297. The van der Waals surface area contributed by atoms with Crippen LogP contribution < -0.4 is 0 Å². The van der Waals surface area contributed by atoms with Crippen molar-refractivity contribution in [3.8, 4) is 12.3 Å². The summed E-state index contributed by atoms with van der Waals surface area (Å²) in [6, 6.07) is 3.24. The zero-order valence-electron chi connectivity index (χ0n) is 5.77. The van der Waals surface area contributed by atoms with E-state index in [1.165, 1.54) is 0 Å². The van der Waals surface area contributed by atoms with Crippen molar-refractivity contribution >= 4 is 0 Å². The summed E-state index contributed by atoms with van der Waals surface area (Å²) in [7, 11) is 0. The molecule has 0 saturated carbocycles. The highest BCUT2D eigenvalue weighted by atomic mass is 19.1. The lowest BCUT2D eigenvalue weighted by Crippen LogP contribution is -1.89. The van der Waals surface area contributed by atoms with Gasteiger partial charge in [-0.05, 0) is 18.2 Å². The molecule has 0 aliphatic carbocycles. The maximum Gasteiger partial charge on any atom is 0.127 e. The third-order valence-electron chi connectivity index (χ3n) is 1.30. The van der Waals surface area contributed by atoms with Gasteiger partial charge in [-0.15, -0.1) is 12.3 Å². The number of hydrogen-bond donors (Lipinski definition) is 0. The van der Waals surface area contributed by atoms with Crippen molar-refractivity contribution in [2.75, 3.05) is 0 Å². The monoisotopic (exact) mass is 152 g/mol. The topological polar surface area (TPSA) is 0 Å². The molecule has 56 valence electrons. The van der Waals surface area contributed by atoms with E-state index in [1.54, 1.807) is 0 Å². The molecule has 0 radical (unpaired) electrons. The zero-order valence-corrected chi connectivity index (χ0v) is 5.77. The van der Waals surface area contributed by atoms with Crippen LogP contribution in [0.15, 0.2) is 18.2 Å². The van der Waals surface area contributed by atoms with Crippen LogP contribution in [-0.4, -0.2) is 0 Å². The van der Waals surface area contributed by atoms with Crippen LogP contribution in [0, 0.1) is 24.0 Å². The first kappa shape index (κ1) is 7.74. The van der Waals surface area contributed by atoms with Crippen LogP contribution in [0.25, 0.3) is 0 Å². The van der Waals surface area contributed by atoms with Crippen molar-refractivity contribution in [1.29, 1.82) is 0 Å². The predicted octanol–water partition coefficient (Wildman–Crippen LogP) is 2.14. The van der Waals surface area contributed by atoms with Gasteiger partial charge < -0.3 is 0 Å². The second-order valence-corrected chi connectivity index (χ2v) is 2.12. The van der Waals surface area contributed by atoms with Crippen molar-refractivity contribution in [3.05, 3.63) is 35.4 Å². The third kappa shape index (κ3) is 1.78. The van der Waals surface area contributed by atoms with E-state index in [0.29, 0.717) is 0 Å². The summed E-state index contributed by atoms with van der Waals surface area (Å²) in [5.74, 6) is 1.33. The average molecular weight is 152 g/mol. The lowest BCUT2D eigenvalue weighted by Gasteiger charge is -1.96. The number of benzene rings is 1. The van der Waals surface area contributed by atoms with Crippen molar-refractivity contribution in [3.63, 3.8) is 0 Å². The molecule has 11 heavy (non-hydrogen) atoms. The van der Waals surface area contributed by atoms with Crippen molar-refractivity contribution in [2.45, 2.75) is 6.42 Å². The minimum absolute atomic E-state index is 0.129. The number of terminal acetylenes is 1. The summed E-state index contributed by atoms with van der Waals surface area (Å²) in [6.07, 6.45) is 5.07. The second kappa shape index (κ2) is 3.16. The molecule has 0 aliphatic heterocycles. The Balaban J connectivity index is 3.05. The summed E-state index contributed by atoms with van der Waals surface area (Å²) >= 11 is 0. The van der Waals surface area contributed by atoms with E-state index in [0.717, 1.165) is 18.2 Å². The van der Waals surface area contributed by atoms with E-state index in [-0.39, 0.29) is 12.0 Å². The largest absolute Gasteiger partial charge is 0.207 e. The minimum atomic E-state index is -0.461. The fraction of sp³-hybridized carbons (Fsp3) is 0.111. The van der Waals surface area contributed by atoms with Gasteiger partial charge in [-0.3, -0.25) is 0 Å². The van der Waals surface area contributed by atoms with Gasteiger partial charge in [0.2, 0.25) is 0 Å². The van der Waals surface area contributed by atoms with E-state index in [2.05, 4.69) is 5.92 Å². The molecule has 1 rings (SSSR count). The molecule has 0 atom stereocenters. The van der Waals surface area contributed by atoms with Crippen LogP contribution >= 0.6 is 0 Å². The summed E-state index contributed by atoms with van der Waals surface area (Å²) < 4.78 is 25.1. The van der Waals surface area contributed by atoms with Gasteiger partial charge in [-0.2, -0.15) is 0 Å². The molecule has 0 fully saturated rings. The first-order chi connectivity index (χ1) is 5.24. The molecule has 0 amide bonds. The fourth-order valence-corrected chi connectivity index (χ4v) is 0.789. The molecule has 0 bridgehead atoms. The Morgan fingerprint density at radius 3 is 2.73 bits per heavy atom. The highest BCUT2D eigenvalue weighted by molar-refractivity contribution is 5.22. The van der Waals surface area contributed by atoms with Gasteiger partial charge in [0.15, 0.2) is 0 Å². The second-order valence-electron chi connectivity index (χ2n) is 2.12. The lowest BCUT2D eigenvalue weighted by molar-refractivity contribution is 0.590. The Hall–Kier alpha value is -1.36. The molecular weight excluding hydrogens is 146 g/mol. The Kier molecular flexibility index (Phi) is 2.22. The number of rotatable bonds is 1. The lowest BCUT2D eigenvalue weighted by atomic mass is 10.1. The summed E-state index contributed by atoms with van der Waals surface area (Å²) in [5.41, 5.74) is 0.229. The summed E-state index contributed by atoms with van der Waals surface area (Å²) in [6.45, 7) is 0. The van der Waals surface area contributed by atoms with Gasteiger partial charge in [-0.25, -0.2) is 8.78 Å². The molecule has 0 aliphatic rings. The maximum absolute atomic E-state index is 12.7. The molecule has 0 unspecified atom stereocenters. The first-order valence-electron chi connectivity index (χ1n) is 3.11. The van der Waals surface area contributed by atoms with Gasteiger partial charge in [0.05, 0.1) is 0 Å². The van der Waals surface area contributed by atoms with Crippen LogP contribution in [0.4, 0.5) is 8.78 Å². The third-order valence-corrected chi connectivity index (χ3v) is 1.30. The Morgan fingerprint density at radius 2 is 2.09 bits per heavy atom. The predicted molar refractivity (Wildman–Crippen MR) is 38.9 cm³/mol. The average Bonchev–Trinajstić information content (AvgIpc) is 1.98. The summed E-state index contributed by atoms with van der Waals surface area (Å²) in [5, 5.41) is 0. The Labute approximate surface area is 63.9 Å². The molecule has 0 nitrogen and oxygen atoms in total. The summed E-state index contributed by atoms with van der Waals surface area (Å²) in [4.78, 5) is 0. The van der Waals surface area contributed by atoms with E-state index in [9.17, 15) is 8.78 Å². The molecule has 0 heterocycles. The van der Waals surface area contributed by atoms with E-state index < -0.39 is 11.6 Å². The zero-order chi connectivity index (χ0) is 8.27. The van der Waals surface area contributed by atoms with Gasteiger partial charge in [0.1, 0.15) is 11.6 Å². The van der Waals surface area contributed by atoms with Crippen molar-refractivity contribution in [1.82, 2.24) is 0 Å². The van der Waals surface area contributed by atoms with Gasteiger partial charge in [0, 0.05) is 12.0 Å². The van der Waals surface area contributed by atoms with Crippen LogP contribution in [0.5, 0.6) is 0 Å². The highest BCUT2D eigenvalue weighted by Crippen LogP contribution is 2.09. The molecule has 1 aromatic rings.